The highest BCUT2D eigenvalue weighted by Crippen LogP contribution is 2.36. The van der Waals surface area contributed by atoms with Crippen LogP contribution in [0.5, 0.6) is 0 Å². The first-order chi connectivity index (χ1) is 19.8. The molecule has 3 rings (SSSR count). The Morgan fingerprint density at radius 1 is 1.00 bits per heavy atom. The summed E-state index contributed by atoms with van der Waals surface area (Å²) in [6, 6.07) is 7.85. The van der Waals surface area contributed by atoms with Gasteiger partial charge in [-0.3, -0.25) is 4.90 Å². The van der Waals surface area contributed by atoms with E-state index in [1.165, 1.54) is 18.6 Å². The van der Waals surface area contributed by atoms with Crippen molar-refractivity contribution in [2.75, 3.05) is 25.0 Å². The van der Waals surface area contributed by atoms with Crippen molar-refractivity contribution >= 4 is 5.69 Å². The average Bonchev–Trinajstić information content (AvgIpc) is 2.94. The largest absolute Gasteiger partial charge is 0.416 e. The van der Waals surface area contributed by atoms with Crippen molar-refractivity contribution in [2.45, 2.75) is 71.9 Å². The summed E-state index contributed by atoms with van der Waals surface area (Å²) in [6.07, 6.45) is 3.74. The molecule has 226 valence electrons. The molecule has 0 aromatic heterocycles. The molecular formula is C35H41F5N2. The molecule has 0 radical (unpaired) electrons. The van der Waals surface area contributed by atoms with Gasteiger partial charge in [0.2, 0.25) is 0 Å². The smallest absolute Gasteiger partial charge is 0.356 e. The van der Waals surface area contributed by atoms with Crippen molar-refractivity contribution in [2.24, 2.45) is 5.41 Å². The van der Waals surface area contributed by atoms with E-state index in [1.54, 1.807) is 12.1 Å². The predicted octanol–water partition coefficient (Wildman–Crippen LogP) is 9.69. The minimum Gasteiger partial charge on any atom is -0.356 e. The van der Waals surface area contributed by atoms with Gasteiger partial charge in [-0.1, -0.05) is 70.3 Å². The van der Waals surface area contributed by atoms with Crippen molar-refractivity contribution < 1.29 is 22.0 Å². The van der Waals surface area contributed by atoms with Gasteiger partial charge < -0.3 is 5.32 Å². The second-order valence-electron chi connectivity index (χ2n) is 11.5. The van der Waals surface area contributed by atoms with Crippen LogP contribution in [0.3, 0.4) is 0 Å². The van der Waals surface area contributed by atoms with Crippen LogP contribution in [0.2, 0.25) is 0 Å². The maximum absolute atomic E-state index is 15.4. The Morgan fingerprint density at radius 3 is 2.26 bits per heavy atom. The van der Waals surface area contributed by atoms with Gasteiger partial charge in [-0.2, -0.15) is 13.2 Å². The van der Waals surface area contributed by atoms with Crippen LogP contribution >= 0.6 is 0 Å². The summed E-state index contributed by atoms with van der Waals surface area (Å²) < 4.78 is 69.4. The number of nitrogens with zero attached hydrogens (tertiary/aromatic N) is 1. The number of likely N-dealkylation sites (tertiary alicyclic amines) is 1. The number of alkyl halides is 3. The Balaban J connectivity index is 1.84. The maximum atomic E-state index is 15.4. The molecule has 0 amide bonds. The fourth-order valence-corrected chi connectivity index (χ4v) is 5.21. The third-order valence-corrected chi connectivity index (χ3v) is 7.62. The summed E-state index contributed by atoms with van der Waals surface area (Å²) in [7, 11) is 0. The standard InChI is InChI=1S/C35H41F5N2/c1-6-7-19-34(5,24-31(25(2)3)26(4)41-30-17-15-29(16-18-30)35(38,39)40)23-28-14-13-27(32(36)33(28)37)12-11-22-42-20-9-8-10-21-42/h13-18,24,41H,2,4,6-10,19-23H2,1,3,5H3/b31-24+. The van der Waals surface area contributed by atoms with Crippen LogP contribution in [-0.2, 0) is 12.6 Å². The second-order valence-corrected chi connectivity index (χ2v) is 11.5. The molecule has 1 aliphatic heterocycles. The highest BCUT2D eigenvalue weighted by Gasteiger charge is 2.30. The Morgan fingerprint density at radius 2 is 1.67 bits per heavy atom. The van der Waals surface area contributed by atoms with E-state index in [0.717, 1.165) is 50.9 Å². The maximum Gasteiger partial charge on any atom is 0.416 e. The zero-order chi connectivity index (χ0) is 30.9. The monoisotopic (exact) mass is 584 g/mol. The van der Waals surface area contributed by atoms with Gasteiger partial charge in [0.05, 0.1) is 17.7 Å². The predicted molar refractivity (Wildman–Crippen MR) is 162 cm³/mol. The van der Waals surface area contributed by atoms with Gasteiger partial charge in [0, 0.05) is 11.4 Å². The van der Waals surface area contributed by atoms with Crippen molar-refractivity contribution in [3.8, 4) is 11.8 Å². The number of anilines is 1. The molecule has 7 heteroatoms. The Bertz CT molecular complexity index is 1340. The molecule has 1 N–H and O–H groups in total. The van der Waals surface area contributed by atoms with E-state index in [0.29, 0.717) is 35.5 Å². The van der Waals surface area contributed by atoms with Gasteiger partial charge in [0.1, 0.15) is 0 Å². The van der Waals surface area contributed by atoms with E-state index >= 15 is 8.78 Å². The minimum absolute atomic E-state index is 0.0517. The fourth-order valence-electron chi connectivity index (χ4n) is 5.21. The molecule has 1 atom stereocenters. The van der Waals surface area contributed by atoms with Crippen molar-refractivity contribution in [3.63, 3.8) is 0 Å². The lowest BCUT2D eigenvalue weighted by Crippen LogP contribution is -2.29. The third kappa shape index (κ3) is 9.32. The second kappa shape index (κ2) is 14.7. The summed E-state index contributed by atoms with van der Waals surface area (Å²) in [5, 5.41) is 3.07. The normalized spacial score (nSPS) is 15.9. The number of nitrogens with one attached hydrogen (secondary N) is 1. The van der Waals surface area contributed by atoms with Gasteiger partial charge in [-0.15, -0.1) is 0 Å². The molecule has 1 heterocycles. The number of hydrogen-bond donors (Lipinski definition) is 1. The minimum atomic E-state index is -4.42. The van der Waals surface area contributed by atoms with Crippen LogP contribution in [0.15, 0.2) is 72.5 Å². The van der Waals surface area contributed by atoms with Gasteiger partial charge in [0.25, 0.3) is 0 Å². The number of benzene rings is 2. The molecule has 42 heavy (non-hydrogen) atoms. The van der Waals surface area contributed by atoms with E-state index in [9.17, 15) is 13.2 Å². The molecule has 2 aromatic rings. The van der Waals surface area contributed by atoms with E-state index in [1.807, 2.05) is 19.9 Å². The first-order valence-corrected chi connectivity index (χ1v) is 14.5. The number of halogens is 5. The summed E-state index contributed by atoms with van der Waals surface area (Å²) >= 11 is 0. The summed E-state index contributed by atoms with van der Waals surface area (Å²) in [6.45, 7) is 16.5. The number of unbranched alkanes of at least 4 members (excludes halogenated alkanes) is 1. The van der Waals surface area contributed by atoms with Gasteiger partial charge >= 0.3 is 6.18 Å². The zero-order valence-corrected chi connectivity index (χ0v) is 24.9. The van der Waals surface area contributed by atoms with Gasteiger partial charge in [-0.05, 0) is 98.2 Å². The quantitative estimate of drug-likeness (QED) is 0.161. The third-order valence-electron chi connectivity index (χ3n) is 7.62. The number of rotatable bonds is 11. The highest BCUT2D eigenvalue weighted by molar-refractivity contribution is 5.57. The van der Waals surface area contributed by atoms with Crippen LogP contribution in [0, 0.1) is 28.9 Å². The van der Waals surface area contributed by atoms with E-state index in [2.05, 4.69) is 42.1 Å². The van der Waals surface area contributed by atoms with E-state index in [4.69, 9.17) is 0 Å². The van der Waals surface area contributed by atoms with Crippen LogP contribution < -0.4 is 5.32 Å². The highest BCUT2D eigenvalue weighted by atomic mass is 19.4. The molecular weight excluding hydrogens is 543 g/mol. The molecule has 1 aliphatic rings. The van der Waals surface area contributed by atoms with Crippen LogP contribution in [0.25, 0.3) is 0 Å². The van der Waals surface area contributed by atoms with Crippen LogP contribution in [0.1, 0.15) is 76.0 Å². The SMILES string of the molecule is C=C(C)/C(=C\C(C)(CCCC)Cc1ccc(C#CCN2CCCCC2)c(F)c1F)C(=C)Nc1ccc(C(F)(F)F)cc1. The molecule has 0 saturated carbocycles. The first kappa shape index (κ1) is 33.1. The Hall–Kier alpha value is -3.37. The number of allylic oxidation sites excluding steroid dienone is 2. The summed E-state index contributed by atoms with van der Waals surface area (Å²) in [5.41, 5.74) is 1.25. The van der Waals surface area contributed by atoms with Crippen molar-refractivity contribution in [3.05, 3.63) is 101 Å². The zero-order valence-electron chi connectivity index (χ0n) is 24.9. The average molecular weight is 585 g/mol. The lowest BCUT2D eigenvalue weighted by atomic mass is 9.76. The van der Waals surface area contributed by atoms with Crippen LogP contribution in [-0.4, -0.2) is 24.5 Å². The molecule has 0 bridgehead atoms. The molecule has 1 fully saturated rings. The first-order valence-electron chi connectivity index (χ1n) is 14.5. The van der Waals surface area contributed by atoms with E-state index in [-0.39, 0.29) is 17.5 Å². The Kier molecular flexibility index (Phi) is 11.6. The van der Waals surface area contributed by atoms with Crippen molar-refractivity contribution in [1.29, 1.82) is 0 Å². The summed E-state index contributed by atoms with van der Waals surface area (Å²) in [5.74, 6) is 3.97. The molecule has 2 nitrogen and oxygen atoms in total. The number of piperidine rings is 1. The molecule has 2 aromatic carbocycles. The fraction of sp³-hybridized carbons (Fsp3) is 0.429. The number of hydrogen-bond acceptors (Lipinski definition) is 2. The lowest BCUT2D eigenvalue weighted by Gasteiger charge is -2.29. The molecule has 0 spiro atoms. The van der Waals surface area contributed by atoms with Crippen LogP contribution in [0.4, 0.5) is 27.6 Å². The molecule has 1 saturated heterocycles. The van der Waals surface area contributed by atoms with Gasteiger partial charge in [-0.25, -0.2) is 8.78 Å². The van der Waals surface area contributed by atoms with Gasteiger partial charge in [0.15, 0.2) is 11.6 Å². The topological polar surface area (TPSA) is 15.3 Å². The van der Waals surface area contributed by atoms with Crippen molar-refractivity contribution in [1.82, 2.24) is 4.90 Å². The lowest BCUT2D eigenvalue weighted by molar-refractivity contribution is -0.137. The molecule has 1 unspecified atom stereocenters. The Labute approximate surface area is 247 Å². The molecule has 0 aliphatic carbocycles. The van der Waals surface area contributed by atoms with E-state index < -0.39 is 28.8 Å². The summed E-state index contributed by atoms with van der Waals surface area (Å²) in [4.78, 5) is 2.23.